The van der Waals surface area contributed by atoms with Gasteiger partial charge in [0.1, 0.15) is 17.2 Å². The predicted molar refractivity (Wildman–Crippen MR) is 103 cm³/mol. The van der Waals surface area contributed by atoms with E-state index in [1.807, 2.05) is 0 Å². The fourth-order valence-electron chi connectivity index (χ4n) is 3.09. The van der Waals surface area contributed by atoms with Crippen LogP contribution < -0.4 is 11.0 Å². The van der Waals surface area contributed by atoms with Crippen molar-refractivity contribution in [2.75, 3.05) is 0 Å². The van der Waals surface area contributed by atoms with E-state index in [1.54, 1.807) is 17.4 Å². The van der Waals surface area contributed by atoms with Gasteiger partial charge in [-0.1, -0.05) is 17.7 Å². The third kappa shape index (κ3) is 3.50. The maximum absolute atomic E-state index is 13.4. The second-order valence-electron chi connectivity index (χ2n) is 6.18. The summed E-state index contributed by atoms with van der Waals surface area (Å²) in [4.78, 5) is 31.0. The highest BCUT2D eigenvalue weighted by molar-refractivity contribution is 7.18. The molecular formula is C18H14ClFN4O2S. The number of fused-ring (bicyclic) bond motifs is 3. The van der Waals surface area contributed by atoms with E-state index in [0.717, 1.165) is 29.7 Å². The average Bonchev–Trinajstić information content (AvgIpc) is 3.21. The molecule has 1 aromatic carbocycles. The standard InChI is InChI=1S/C18H14ClFN4O2S/c19-12-5-4-10(6-13(12)20)7-22-23-15(25)8-24-9-21-17-16(18(24)26)11-2-1-3-14(11)27-17/h4-7,9H,1-3,8H2,(H,23,25)/b22-7+. The lowest BCUT2D eigenvalue weighted by Gasteiger charge is -2.04. The van der Waals surface area contributed by atoms with E-state index in [2.05, 4.69) is 15.5 Å². The van der Waals surface area contributed by atoms with Crippen molar-refractivity contribution >= 4 is 45.3 Å². The molecule has 0 spiro atoms. The second-order valence-corrected chi connectivity index (χ2v) is 7.67. The van der Waals surface area contributed by atoms with Crippen LogP contribution in [0.15, 0.2) is 34.4 Å². The van der Waals surface area contributed by atoms with Crippen molar-refractivity contribution in [2.24, 2.45) is 5.10 Å². The number of carbonyl (C=O) groups excluding carboxylic acids is 1. The Hall–Kier alpha value is -2.58. The van der Waals surface area contributed by atoms with E-state index in [0.29, 0.717) is 10.9 Å². The van der Waals surface area contributed by atoms with Gasteiger partial charge in [-0.15, -0.1) is 11.3 Å². The van der Waals surface area contributed by atoms with Gasteiger partial charge in [0, 0.05) is 4.88 Å². The van der Waals surface area contributed by atoms with Crippen molar-refractivity contribution in [3.05, 3.63) is 61.7 Å². The van der Waals surface area contributed by atoms with Crippen molar-refractivity contribution in [2.45, 2.75) is 25.8 Å². The van der Waals surface area contributed by atoms with Crippen molar-refractivity contribution in [3.63, 3.8) is 0 Å². The minimum Gasteiger partial charge on any atom is -0.289 e. The Kier molecular flexibility index (Phi) is 4.75. The lowest BCUT2D eigenvalue weighted by atomic mass is 10.2. The molecule has 138 valence electrons. The van der Waals surface area contributed by atoms with Gasteiger partial charge in [0.05, 0.1) is 23.0 Å². The molecule has 0 saturated heterocycles. The molecule has 0 bridgehead atoms. The maximum atomic E-state index is 13.4. The van der Waals surface area contributed by atoms with Crippen LogP contribution in [0.1, 0.15) is 22.4 Å². The molecule has 6 nitrogen and oxygen atoms in total. The summed E-state index contributed by atoms with van der Waals surface area (Å²) in [5, 5.41) is 4.42. The van der Waals surface area contributed by atoms with E-state index in [1.165, 1.54) is 34.1 Å². The molecule has 1 aliphatic carbocycles. The number of amides is 1. The van der Waals surface area contributed by atoms with Gasteiger partial charge in [-0.3, -0.25) is 14.2 Å². The highest BCUT2D eigenvalue weighted by Crippen LogP contribution is 2.34. The largest absolute Gasteiger partial charge is 0.289 e. The molecule has 1 N–H and O–H groups in total. The Morgan fingerprint density at radius 1 is 1.44 bits per heavy atom. The minimum absolute atomic E-state index is 0.0124. The predicted octanol–water partition coefficient (Wildman–Crippen LogP) is 2.89. The second kappa shape index (κ2) is 7.21. The molecule has 0 atom stereocenters. The summed E-state index contributed by atoms with van der Waals surface area (Å²) in [5.74, 6) is -1.04. The summed E-state index contributed by atoms with van der Waals surface area (Å²) in [7, 11) is 0. The number of hydrazone groups is 1. The lowest BCUT2D eigenvalue weighted by Crippen LogP contribution is -2.30. The smallest absolute Gasteiger partial charge is 0.262 e. The third-order valence-electron chi connectivity index (χ3n) is 4.35. The summed E-state index contributed by atoms with van der Waals surface area (Å²) in [6, 6.07) is 4.18. The number of nitrogens with zero attached hydrogens (tertiary/aromatic N) is 3. The highest BCUT2D eigenvalue weighted by atomic mass is 35.5. The molecule has 3 aromatic rings. The monoisotopic (exact) mass is 404 g/mol. The van der Waals surface area contributed by atoms with Crippen LogP contribution in [0, 0.1) is 5.82 Å². The summed E-state index contributed by atoms with van der Waals surface area (Å²) in [5.41, 5.74) is 3.64. The van der Waals surface area contributed by atoms with E-state index in [4.69, 9.17) is 11.6 Å². The topological polar surface area (TPSA) is 76.3 Å². The summed E-state index contributed by atoms with van der Waals surface area (Å²) >= 11 is 7.17. The third-order valence-corrected chi connectivity index (χ3v) is 5.86. The molecule has 1 amide bonds. The number of benzene rings is 1. The van der Waals surface area contributed by atoms with Gasteiger partial charge in [0.2, 0.25) is 0 Å². The van der Waals surface area contributed by atoms with Crippen molar-refractivity contribution in [1.29, 1.82) is 0 Å². The molecule has 0 aliphatic heterocycles. The number of hydrogen-bond acceptors (Lipinski definition) is 5. The number of halogens is 2. The minimum atomic E-state index is -0.568. The number of aromatic nitrogens is 2. The summed E-state index contributed by atoms with van der Waals surface area (Å²) in [6.07, 6.45) is 5.59. The van der Waals surface area contributed by atoms with Gasteiger partial charge >= 0.3 is 0 Å². The Labute approximate surface area is 162 Å². The van der Waals surface area contributed by atoms with Crippen LogP contribution in [-0.2, 0) is 24.2 Å². The number of rotatable bonds is 4. The Morgan fingerprint density at radius 2 is 2.30 bits per heavy atom. The molecule has 0 saturated carbocycles. The highest BCUT2D eigenvalue weighted by Gasteiger charge is 2.21. The van der Waals surface area contributed by atoms with Crippen LogP contribution in [0.5, 0.6) is 0 Å². The Morgan fingerprint density at radius 3 is 3.11 bits per heavy atom. The molecule has 27 heavy (non-hydrogen) atoms. The van der Waals surface area contributed by atoms with Crippen LogP contribution in [0.4, 0.5) is 4.39 Å². The van der Waals surface area contributed by atoms with Crippen LogP contribution >= 0.6 is 22.9 Å². The molecule has 1 aliphatic rings. The first-order valence-corrected chi connectivity index (χ1v) is 9.49. The van der Waals surface area contributed by atoms with Gasteiger partial charge in [-0.25, -0.2) is 14.8 Å². The molecular weight excluding hydrogens is 391 g/mol. The van der Waals surface area contributed by atoms with Crippen molar-refractivity contribution in [1.82, 2.24) is 15.0 Å². The van der Waals surface area contributed by atoms with Gasteiger partial charge in [-0.2, -0.15) is 5.10 Å². The SMILES string of the molecule is O=C(Cn1cnc2sc3c(c2c1=O)CCC3)N/N=C/c1ccc(Cl)c(F)c1. The van der Waals surface area contributed by atoms with E-state index >= 15 is 0 Å². The molecule has 2 heterocycles. The van der Waals surface area contributed by atoms with Gasteiger partial charge in [0.15, 0.2) is 0 Å². The molecule has 9 heteroatoms. The van der Waals surface area contributed by atoms with Gasteiger partial charge in [-0.05, 0) is 42.5 Å². The molecule has 2 aromatic heterocycles. The Balaban J connectivity index is 1.48. The van der Waals surface area contributed by atoms with Crippen molar-refractivity contribution in [3.8, 4) is 0 Å². The fraction of sp³-hybridized carbons (Fsp3) is 0.222. The first-order chi connectivity index (χ1) is 13.0. The first kappa shape index (κ1) is 17.8. The fourth-order valence-corrected chi connectivity index (χ4v) is 4.43. The van der Waals surface area contributed by atoms with E-state index in [-0.39, 0.29) is 17.1 Å². The van der Waals surface area contributed by atoms with E-state index < -0.39 is 11.7 Å². The zero-order valence-corrected chi connectivity index (χ0v) is 15.6. The van der Waals surface area contributed by atoms with Crippen LogP contribution in [0.2, 0.25) is 5.02 Å². The molecule has 4 rings (SSSR count). The number of aryl methyl sites for hydroxylation is 2. The normalized spacial score (nSPS) is 13.4. The molecule has 0 fully saturated rings. The molecule has 0 radical (unpaired) electrons. The number of nitrogens with one attached hydrogen (secondary N) is 1. The number of hydrogen-bond donors (Lipinski definition) is 1. The van der Waals surface area contributed by atoms with Gasteiger partial charge < -0.3 is 0 Å². The van der Waals surface area contributed by atoms with E-state index in [9.17, 15) is 14.0 Å². The van der Waals surface area contributed by atoms with Crippen LogP contribution in [0.25, 0.3) is 10.2 Å². The molecule has 0 unspecified atom stereocenters. The van der Waals surface area contributed by atoms with Crippen LogP contribution in [-0.4, -0.2) is 21.7 Å². The Bertz CT molecular complexity index is 1140. The lowest BCUT2D eigenvalue weighted by molar-refractivity contribution is -0.121. The zero-order chi connectivity index (χ0) is 19.0. The first-order valence-electron chi connectivity index (χ1n) is 8.29. The van der Waals surface area contributed by atoms with Gasteiger partial charge in [0.25, 0.3) is 11.5 Å². The van der Waals surface area contributed by atoms with Crippen molar-refractivity contribution < 1.29 is 9.18 Å². The number of thiophene rings is 1. The summed E-state index contributed by atoms with van der Waals surface area (Å²) < 4.78 is 14.6. The zero-order valence-electron chi connectivity index (χ0n) is 14.0. The average molecular weight is 405 g/mol. The van der Waals surface area contributed by atoms with Crippen LogP contribution in [0.3, 0.4) is 0 Å². The quantitative estimate of drug-likeness (QED) is 0.536. The maximum Gasteiger partial charge on any atom is 0.262 e. The summed E-state index contributed by atoms with van der Waals surface area (Å²) in [6.45, 7) is -0.196. The number of carbonyl (C=O) groups is 1.